The summed E-state index contributed by atoms with van der Waals surface area (Å²) in [5, 5.41) is 17.4. The van der Waals surface area contributed by atoms with Crippen LogP contribution in [-0.4, -0.2) is 66.3 Å². The van der Waals surface area contributed by atoms with E-state index in [0.717, 1.165) is 34.1 Å². The number of methoxy groups -OCH3 is 1. The molecule has 1 fully saturated rings. The van der Waals surface area contributed by atoms with Crippen molar-refractivity contribution in [3.8, 4) is 5.75 Å². The van der Waals surface area contributed by atoms with Crippen LogP contribution in [0.25, 0.3) is 10.8 Å². The van der Waals surface area contributed by atoms with Gasteiger partial charge in [-0.25, -0.2) is 0 Å². The first kappa shape index (κ1) is 30.7. The van der Waals surface area contributed by atoms with Crippen molar-refractivity contribution < 1.29 is 33.8 Å². The van der Waals surface area contributed by atoms with Crippen LogP contribution in [0.1, 0.15) is 64.8 Å². The predicted octanol–water partition coefficient (Wildman–Crippen LogP) is 3.96. The molecule has 2 aliphatic rings. The molecule has 0 radical (unpaired) electrons. The number of carbonyl (C=O) groups is 5. The molecule has 3 aromatic rings. The highest BCUT2D eigenvalue weighted by atomic mass is 16.5. The Balaban J connectivity index is 1.29. The summed E-state index contributed by atoms with van der Waals surface area (Å²) in [6, 6.07) is 17.2. The van der Waals surface area contributed by atoms with Gasteiger partial charge in [-0.05, 0) is 66.3 Å². The molecule has 3 N–H and O–H groups in total. The van der Waals surface area contributed by atoms with Crippen LogP contribution in [0.15, 0.2) is 60.7 Å². The number of carboxylic acid groups (broad SMARTS) is 1. The Morgan fingerprint density at radius 3 is 2.07 bits per heavy atom. The molecule has 0 spiro atoms. The maximum Gasteiger partial charge on any atom is 0.306 e. The van der Waals surface area contributed by atoms with Gasteiger partial charge in [0.2, 0.25) is 11.8 Å². The van der Waals surface area contributed by atoms with Crippen LogP contribution in [-0.2, 0) is 20.8 Å². The molecular formula is C34H37N3O7. The van der Waals surface area contributed by atoms with Crippen LogP contribution in [0, 0.1) is 11.3 Å². The fraction of sp³-hybridized carbons (Fsp3) is 0.382. The zero-order valence-electron chi connectivity index (χ0n) is 24.9. The smallest absolute Gasteiger partial charge is 0.306 e. The van der Waals surface area contributed by atoms with Crippen molar-refractivity contribution in [2.75, 3.05) is 20.7 Å². The first-order valence-corrected chi connectivity index (χ1v) is 14.9. The van der Waals surface area contributed by atoms with E-state index in [0.29, 0.717) is 29.7 Å². The SMILES string of the molecule is CNC(=O)[C@H](Cc1ccc(OC)cc1)NC(=O)C1(CC(CCN2C(=O)c3cc4ccccc4cc3C2=O)C(=O)O)CCCC1. The molecule has 44 heavy (non-hydrogen) atoms. The maximum atomic E-state index is 13.9. The Morgan fingerprint density at radius 1 is 0.955 bits per heavy atom. The van der Waals surface area contributed by atoms with Gasteiger partial charge in [-0.15, -0.1) is 0 Å². The van der Waals surface area contributed by atoms with Crippen LogP contribution < -0.4 is 15.4 Å². The van der Waals surface area contributed by atoms with Gasteiger partial charge in [0.15, 0.2) is 0 Å². The third kappa shape index (κ3) is 6.15. The Kier molecular flexibility index (Phi) is 8.98. The van der Waals surface area contributed by atoms with Crippen LogP contribution in [0.2, 0.25) is 0 Å². The molecule has 1 aliphatic carbocycles. The predicted molar refractivity (Wildman–Crippen MR) is 163 cm³/mol. The number of imide groups is 1. The average molecular weight is 600 g/mol. The topological polar surface area (TPSA) is 142 Å². The summed E-state index contributed by atoms with van der Waals surface area (Å²) in [6.07, 6.45) is 2.81. The summed E-state index contributed by atoms with van der Waals surface area (Å²) in [5.41, 5.74) is 0.473. The highest BCUT2D eigenvalue weighted by Crippen LogP contribution is 2.44. The first-order chi connectivity index (χ1) is 21.2. The number of carbonyl (C=O) groups excluding carboxylic acids is 4. The number of hydrogen-bond acceptors (Lipinski definition) is 6. The van der Waals surface area contributed by atoms with Crippen LogP contribution in [0.5, 0.6) is 5.75 Å². The second-order valence-electron chi connectivity index (χ2n) is 11.7. The zero-order valence-corrected chi connectivity index (χ0v) is 24.9. The maximum absolute atomic E-state index is 13.9. The van der Waals surface area contributed by atoms with E-state index in [-0.39, 0.29) is 37.6 Å². The molecule has 3 aromatic carbocycles. The van der Waals surface area contributed by atoms with E-state index in [1.807, 2.05) is 36.4 Å². The van der Waals surface area contributed by atoms with E-state index in [4.69, 9.17) is 4.74 Å². The van der Waals surface area contributed by atoms with Crippen molar-refractivity contribution in [1.29, 1.82) is 0 Å². The van der Waals surface area contributed by atoms with Crippen LogP contribution >= 0.6 is 0 Å². The number of amides is 4. The molecule has 5 rings (SSSR count). The number of ether oxygens (including phenoxy) is 1. The quantitative estimate of drug-likeness (QED) is 0.268. The molecule has 230 valence electrons. The molecule has 1 aliphatic heterocycles. The van der Waals surface area contributed by atoms with Crippen molar-refractivity contribution in [3.05, 3.63) is 77.4 Å². The molecule has 0 bridgehead atoms. The first-order valence-electron chi connectivity index (χ1n) is 14.9. The Hall–Kier alpha value is -4.73. The number of nitrogens with one attached hydrogen (secondary N) is 2. The molecule has 1 heterocycles. The summed E-state index contributed by atoms with van der Waals surface area (Å²) >= 11 is 0. The number of likely N-dealkylation sites (N-methyl/N-ethyl adjacent to an activating group) is 1. The van der Waals surface area contributed by atoms with Gasteiger partial charge in [-0.2, -0.15) is 0 Å². The standard InChI is InChI=1S/C34H37N3O7/c1-35-29(38)28(17-21-9-11-25(44-2)12-10-21)36-33(43)34(14-5-6-15-34)20-24(32(41)42)13-16-37-30(39)26-18-22-7-3-4-8-23(22)19-27(26)31(37)40/h3-4,7-12,18-19,24,28H,5-6,13-17,20H2,1-2H3,(H,35,38)(H,36,43)(H,41,42)/t24?,28-/m0/s1. The average Bonchev–Trinajstić information content (AvgIpc) is 3.60. The minimum atomic E-state index is -1.09. The van der Waals surface area contributed by atoms with Gasteiger partial charge in [-0.1, -0.05) is 49.2 Å². The molecule has 2 atom stereocenters. The van der Waals surface area contributed by atoms with E-state index in [1.54, 1.807) is 31.4 Å². The van der Waals surface area contributed by atoms with E-state index >= 15 is 0 Å². The lowest BCUT2D eigenvalue weighted by atomic mass is 9.75. The van der Waals surface area contributed by atoms with Gasteiger partial charge in [0.25, 0.3) is 11.8 Å². The lowest BCUT2D eigenvalue weighted by Crippen LogP contribution is -2.52. The summed E-state index contributed by atoms with van der Waals surface area (Å²) in [5.74, 6) is -2.98. The van der Waals surface area contributed by atoms with Gasteiger partial charge >= 0.3 is 5.97 Å². The molecule has 10 nitrogen and oxygen atoms in total. The van der Waals surface area contributed by atoms with Gasteiger partial charge < -0.3 is 20.5 Å². The van der Waals surface area contributed by atoms with Crippen molar-refractivity contribution >= 4 is 40.4 Å². The number of benzene rings is 3. The second kappa shape index (κ2) is 12.9. The second-order valence-corrected chi connectivity index (χ2v) is 11.7. The van der Waals surface area contributed by atoms with Crippen LogP contribution in [0.4, 0.5) is 0 Å². The Labute approximate surface area is 255 Å². The molecule has 10 heteroatoms. The van der Waals surface area contributed by atoms with E-state index in [2.05, 4.69) is 10.6 Å². The van der Waals surface area contributed by atoms with Gasteiger partial charge in [-0.3, -0.25) is 28.9 Å². The van der Waals surface area contributed by atoms with Crippen molar-refractivity contribution in [1.82, 2.24) is 15.5 Å². The van der Waals surface area contributed by atoms with Crippen molar-refractivity contribution in [3.63, 3.8) is 0 Å². The fourth-order valence-electron chi connectivity index (χ4n) is 6.52. The summed E-state index contributed by atoms with van der Waals surface area (Å²) in [6.45, 7) is -0.0737. The minimum Gasteiger partial charge on any atom is -0.497 e. The normalized spacial score (nSPS) is 16.8. The summed E-state index contributed by atoms with van der Waals surface area (Å²) in [4.78, 5) is 66.6. The van der Waals surface area contributed by atoms with Gasteiger partial charge in [0.1, 0.15) is 11.8 Å². The monoisotopic (exact) mass is 599 g/mol. The van der Waals surface area contributed by atoms with E-state index < -0.39 is 35.2 Å². The highest BCUT2D eigenvalue weighted by molar-refractivity contribution is 6.23. The molecule has 0 aromatic heterocycles. The lowest BCUT2D eigenvalue weighted by molar-refractivity contribution is -0.145. The van der Waals surface area contributed by atoms with Gasteiger partial charge in [0.05, 0.1) is 29.6 Å². The van der Waals surface area contributed by atoms with E-state index in [9.17, 15) is 29.1 Å². The van der Waals surface area contributed by atoms with Crippen LogP contribution in [0.3, 0.4) is 0 Å². The zero-order chi connectivity index (χ0) is 31.4. The molecule has 4 amide bonds. The Bertz CT molecular complexity index is 1540. The molecule has 1 unspecified atom stereocenters. The third-order valence-corrected chi connectivity index (χ3v) is 9.03. The lowest BCUT2D eigenvalue weighted by Gasteiger charge is -2.32. The minimum absolute atomic E-state index is 0.0140. The highest BCUT2D eigenvalue weighted by Gasteiger charge is 2.45. The van der Waals surface area contributed by atoms with E-state index in [1.165, 1.54) is 7.05 Å². The molecule has 1 saturated carbocycles. The van der Waals surface area contributed by atoms with Crippen molar-refractivity contribution in [2.24, 2.45) is 11.3 Å². The number of carboxylic acids is 1. The number of rotatable bonds is 12. The largest absolute Gasteiger partial charge is 0.497 e. The number of fused-ring (bicyclic) bond motifs is 2. The summed E-state index contributed by atoms with van der Waals surface area (Å²) in [7, 11) is 3.07. The Morgan fingerprint density at radius 2 is 1.55 bits per heavy atom. The third-order valence-electron chi connectivity index (χ3n) is 9.03. The summed E-state index contributed by atoms with van der Waals surface area (Å²) < 4.78 is 5.20. The number of aliphatic carboxylic acids is 1. The molecule has 0 saturated heterocycles. The van der Waals surface area contributed by atoms with Gasteiger partial charge in [0, 0.05) is 20.0 Å². The number of hydrogen-bond donors (Lipinski definition) is 3. The van der Waals surface area contributed by atoms with Crippen molar-refractivity contribution in [2.45, 2.75) is 51.0 Å². The molecular weight excluding hydrogens is 562 g/mol. The number of nitrogens with zero attached hydrogens (tertiary/aromatic N) is 1. The fourth-order valence-corrected chi connectivity index (χ4v) is 6.52.